The quantitative estimate of drug-likeness (QED) is 0.0698. The van der Waals surface area contributed by atoms with Gasteiger partial charge in [0.25, 0.3) is 5.97 Å². The van der Waals surface area contributed by atoms with Crippen LogP contribution in [0.15, 0.2) is 74.0 Å². The van der Waals surface area contributed by atoms with Crippen LogP contribution in [-0.4, -0.2) is 114 Å². The van der Waals surface area contributed by atoms with Crippen LogP contribution in [0.2, 0.25) is 0 Å². The van der Waals surface area contributed by atoms with Gasteiger partial charge in [0.05, 0.1) is 51.3 Å². The third kappa shape index (κ3) is 15.6. The topological polar surface area (TPSA) is 343 Å². The molecule has 0 radical (unpaired) electrons. The van der Waals surface area contributed by atoms with Crippen molar-refractivity contribution < 1.29 is 80.6 Å². The fourth-order valence-electron chi connectivity index (χ4n) is 8.80. The van der Waals surface area contributed by atoms with E-state index in [1.54, 1.807) is 20.6 Å². The first-order valence-electron chi connectivity index (χ1n) is 22.9. The van der Waals surface area contributed by atoms with E-state index in [1.165, 1.54) is 0 Å². The first-order chi connectivity index (χ1) is 32.1. The number of hydrogen-bond acceptors (Lipinski definition) is 13. The maximum atomic E-state index is 12.0. The van der Waals surface area contributed by atoms with Crippen LogP contribution in [0.25, 0.3) is 33.1 Å². The van der Waals surface area contributed by atoms with Crippen molar-refractivity contribution in [2.45, 2.75) is 150 Å². The Kier molecular flexibility index (Phi) is 24.4. The van der Waals surface area contributed by atoms with Gasteiger partial charge in [-0.25, -0.2) is 14.4 Å². The summed E-state index contributed by atoms with van der Waals surface area (Å²) in [5.41, 5.74) is 8.01. The van der Waals surface area contributed by atoms with E-state index in [4.69, 9.17) is 24.9 Å². The molecular formula is C48H70N9NaO12. The van der Waals surface area contributed by atoms with Crippen LogP contribution in [0.3, 0.4) is 0 Å². The number of para-hydroxylation sites is 3. The monoisotopic (exact) mass is 988 g/mol. The van der Waals surface area contributed by atoms with Crippen molar-refractivity contribution in [2.24, 2.45) is 4.99 Å². The summed E-state index contributed by atoms with van der Waals surface area (Å²) < 4.78 is 5.19. The summed E-state index contributed by atoms with van der Waals surface area (Å²) in [5.74, 6) is -1.92. The van der Waals surface area contributed by atoms with E-state index in [9.17, 15) is 29.7 Å². The predicted octanol–water partition coefficient (Wildman–Crippen LogP) is -1.47. The number of nitrogens with one attached hydrogen (secondary N) is 4. The minimum atomic E-state index is -1.08. The summed E-state index contributed by atoms with van der Waals surface area (Å²) in [6.07, 6.45) is 0.406. The molecule has 21 nitrogen and oxygen atoms in total. The van der Waals surface area contributed by atoms with E-state index in [-0.39, 0.29) is 76.8 Å². The minimum absolute atomic E-state index is 0. The van der Waals surface area contributed by atoms with Crippen LogP contribution >= 0.6 is 0 Å². The van der Waals surface area contributed by atoms with E-state index in [2.05, 4.69) is 58.3 Å². The number of aliphatic hydroxyl groups excluding tert-OH is 4. The Bertz CT molecular complexity index is 2700. The molecule has 0 aliphatic carbocycles. The molecule has 6 unspecified atom stereocenters. The number of nitrogens with two attached hydrogens (primary N) is 1. The SMILES string of the molecule is CC(=O)O.CC(=O)[O-].CC(C)=NC1CCn2c(=O)[nH]c3cccc(c32)C1O.CC(C)NC1CCn2c(=O)[nH]c3cccc(c32)C1O.CC(C)[NH2+]C1CCn2c(=O)[nH]c3cccc(c32)C1O.CCO.[Na+].[OH-]. The number of carbonyl (C=O) groups is 2. The molecule has 12 N–H and O–H groups in total. The Morgan fingerprint density at radius 3 is 1.44 bits per heavy atom. The number of benzene rings is 3. The molecule has 0 spiro atoms. The van der Waals surface area contributed by atoms with Crippen molar-refractivity contribution in [3.05, 3.63) is 103 Å². The third-order valence-corrected chi connectivity index (χ3v) is 11.2. The van der Waals surface area contributed by atoms with Crippen LogP contribution in [0.5, 0.6) is 0 Å². The smallest absolute Gasteiger partial charge is 0.870 e. The number of quaternary nitrogens is 1. The standard InChI is InChI=1S/2C14H19N3O2.C14H17N3O2.2C2H4O2.C2H6O.Na.H2O/c3*1-8(2)15-11-6-7-17-12-9(13(11)18)4-3-5-10(12)16-14(17)19;2*1-2(3)4;1-2-3;;/h2*3-5,8,11,13,15,18H,6-7H2,1-2H3,(H,16,19);3-5,11,13,18H,6-7H2,1-2H3,(H,16,19);2*1H3,(H,3,4);3H,2H2,1H3;;1H2/q;;;;;;+1;/p-1. The molecule has 3 aromatic heterocycles. The van der Waals surface area contributed by atoms with Crippen molar-refractivity contribution in [3.8, 4) is 0 Å². The van der Waals surface area contributed by atoms with Gasteiger partial charge in [-0.2, -0.15) is 0 Å². The maximum absolute atomic E-state index is 12.0. The number of aromatic amines is 3. The molecule has 0 saturated heterocycles. The predicted molar refractivity (Wildman–Crippen MR) is 261 cm³/mol. The number of H-pyrrole nitrogens is 3. The average molecular weight is 988 g/mol. The number of aliphatic hydroxyl groups is 4. The van der Waals surface area contributed by atoms with Crippen LogP contribution in [-0.2, 0) is 29.2 Å². The molecule has 22 heteroatoms. The first-order valence-corrected chi connectivity index (χ1v) is 22.9. The fourth-order valence-corrected chi connectivity index (χ4v) is 8.80. The zero-order valence-corrected chi connectivity index (χ0v) is 43.8. The Hall–Kier alpha value is -5.20. The van der Waals surface area contributed by atoms with Gasteiger partial charge in [0.1, 0.15) is 18.2 Å². The van der Waals surface area contributed by atoms with Gasteiger partial charge in [0.2, 0.25) is 0 Å². The molecule has 9 rings (SSSR count). The second kappa shape index (κ2) is 28.0. The largest absolute Gasteiger partial charge is 1.00 e. The normalized spacial score (nSPS) is 19.5. The van der Waals surface area contributed by atoms with Crippen LogP contribution in [0.4, 0.5) is 0 Å². The fraction of sp³-hybridized carbons (Fsp3) is 0.500. The van der Waals surface area contributed by atoms with Gasteiger partial charge in [0.15, 0.2) is 0 Å². The summed E-state index contributed by atoms with van der Waals surface area (Å²) >= 11 is 0. The Labute approximate surface area is 427 Å². The van der Waals surface area contributed by atoms with Gasteiger partial charge in [-0.1, -0.05) is 50.2 Å². The zero-order chi connectivity index (χ0) is 50.6. The Morgan fingerprint density at radius 1 is 0.714 bits per heavy atom. The van der Waals surface area contributed by atoms with Gasteiger partial charge in [0, 0.05) is 80.0 Å². The molecule has 6 atom stereocenters. The molecule has 70 heavy (non-hydrogen) atoms. The minimum Gasteiger partial charge on any atom is -0.870 e. The number of carboxylic acids is 2. The summed E-state index contributed by atoms with van der Waals surface area (Å²) in [6.45, 7) is 18.0. The molecular weight excluding hydrogens is 918 g/mol. The molecule has 6 aromatic rings. The van der Waals surface area contributed by atoms with E-state index >= 15 is 0 Å². The van der Waals surface area contributed by atoms with Crippen LogP contribution < -0.4 is 62.4 Å². The van der Waals surface area contributed by atoms with Gasteiger partial charge in [-0.05, 0) is 72.6 Å². The Balaban J connectivity index is 0.000000321. The van der Waals surface area contributed by atoms with Crippen molar-refractivity contribution in [3.63, 3.8) is 0 Å². The number of carbonyl (C=O) groups excluding carboxylic acids is 1. The van der Waals surface area contributed by atoms with Crippen molar-refractivity contribution >= 4 is 50.8 Å². The van der Waals surface area contributed by atoms with Crippen molar-refractivity contribution in [1.82, 2.24) is 34.0 Å². The molecule has 0 bridgehead atoms. The summed E-state index contributed by atoms with van der Waals surface area (Å²) in [4.78, 5) is 66.7. The molecule has 0 amide bonds. The van der Waals surface area contributed by atoms with E-state index in [1.807, 2.05) is 68.4 Å². The summed E-state index contributed by atoms with van der Waals surface area (Å²) in [6, 6.07) is 17.5. The molecule has 0 fully saturated rings. The van der Waals surface area contributed by atoms with Gasteiger partial charge >= 0.3 is 46.6 Å². The van der Waals surface area contributed by atoms with E-state index in [0.717, 1.165) is 82.2 Å². The summed E-state index contributed by atoms with van der Waals surface area (Å²) in [5, 5.41) is 61.2. The summed E-state index contributed by atoms with van der Waals surface area (Å²) in [7, 11) is 0. The number of aromatic nitrogens is 6. The molecule has 380 valence electrons. The number of rotatable bonds is 5. The number of imidazole rings is 3. The number of nitrogens with zero attached hydrogens (tertiary/aromatic N) is 4. The second-order valence-electron chi connectivity index (χ2n) is 17.7. The number of aryl methyl sites for hydroxylation is 3. The molecule has 0 saturated carbocycles. The number of aliphatic imine (C=N–C) groups is 1. The van der Waals surface area contributed by atoms with Crippen molar-refractivity contribution in [2.75, 3.05) is 6.61 Å². The number of aliphatic carboxylic acids is 2. The third-order valence-electron chi connectivity index (χ3n) is 11.2. The zero-order valence-electron chi connectivity index (χ0n) is 41.8. The maximum Gasteiger partial charge on any atom is 1.00 e. The Morgan fingerprint density at radius 2 is 1.07 bits per heavy atom. The number of carboxylic acid groups (broad SMARTS) is 2. The first kappa shape index (κ1) is 60.9. The van der Waals surface area contributed by atoms with E-state index in [0.29, 0.717) is 38.1 Å². The van der Waals surface area contributed by atoms with Crippen molar-refractivity contribution in [1.29, 1.82) is 0 Å². The van der Waals surface area contributed by atoms with Gasteiger partial charge < -0.3 is 66.5 Å². The molecule has 3 aliphatic heterocycles. The van der Waals surface area contributed by atoms with E-state index < -0.39 is 30.3 Å². The van der Waals surface area contributed by atoms with Crippen LogP contribution in [0.1, 0.15) is 117 Å². The average Bonchev–Trinajstić information content (AvgIpc) is 3.77. The molecule has 3 aromatic carbocycles. The van der Waals surface area contributed by atoms with Gasteiger partial charge in [-0.3, -0.25) is 23.5 Å². The van der Waals surface area contributed by atoms with Gasteiger partial charge in [-0.15, -0.1) is 0 Å². The number of hydrogen-bond donors (Lipinski definition) is 10. The molecule has 3 aliphatic rings. The van der Waals surface area contributed by atoms with Crippen LogP contribution in [0, 0.1) is 0 Å². The second-order valence-corrected chi connectivity index (χ2v) is 17.7. The molecule has 6 heterocycles.